The Morgan fingerprint density at radius 3 is 2.69 bits per heavy atom. The van der Waals surface area contributed by atoms with Gasteiger partial charge in [0.15, 0.2) is 0 Å². The van der Waals surface area contributed by atoms with Crippen molar-refractivity contribution in [1.82, 2.24) is 0 Å². The largest absolute Gasteiger partial charge is 0.324 e. The minimum absolute atomic E-state index is 0.128. The molecule has 1 aromatic carbocycles. The lowest BCUT2D eigenvalue weighted by Crippen LogP contribution is -2.56. The van der Waals surface area contributed by atoms with E-state index in [2.05, 4.69) is 21.2 Å². The molecular weight excluding hydrogens is 291 g/mol. The third kappa shape index (κ3) is 2.24. The van der Waals surface area contributed by atoms with Crippen LogP contribution in [0.5, 0.6) is 0 Å². The number of rotatable bonds is 2. The van der Waals surface area contributed by atoms with E-state index in [0.29, 0.717) is 10.7 Å². The number of halogens is 2. The normalized spacial score (nSPS) is 17.7. The smallest absolute Gasteiger partial charge is 0.244 e. The quantitative estimate of drug-likeness (QED) is 0.882. The highest BCUT2D eigenvalue weighted by Crippen LogP contribution is 2.31. The van der Waals surface area contributed by atoms with Gasteiger partial charge in [0.2, 0.25) is 5.91 Å². The summed E-state index contributed by atoms with van der Waals surface area (Å²) in [5, 5.41) is 3.35. The topological polar surface area (TPSA) is 55.1 Å². The Morgan fingerprint density at radius 2 is 2.19 bits per heavy atom. The van der Waals surface area contributed by atoms with Crippen molar-refractivity contribution in [3.63, 3.8) is 0 Å². The van der Waals surface area contributed by atoms with Crippen LogP contribution in [-0.4, -0.2) is 11.4 Å². The Hall–Kier alpha value is -0.580. The maximum absolute atomic E-state index is 11.8. The molecule has 0 spiro atoms. The van der Waals surface area contributed by atoms with Gasteiger partial charge in [-0.05, 0) is 53.4 Å². The zero-order chi connectivity index (χ0) is 11.8. The number of carbonyl (C=O) groups is 1. The van der Waals surface area contributed by atoms with Crippen molar-refractivity contribution in [1.29, 1.82) is 0 Å². The average Bonchev–Trinajstić information content (AvgIpc) is 2.20. The van der Waals surface area contributed by atoms with Gasteiger partial charge in [0.25, 0.3) is 0 Å². The van der Waals surface area contributed by atoms with Gasteiger partial charge in [0.05, 0.1) is 10.6 Å². The Labute approximate surface area is 107 Å². The van der Waals surface area contributed by atoms with Crippen molar-refractivity contribution < 1.29 is 4.79 Å². The van der Waals surface area contributed by atoms with Crippen LogP contribution in [0.2, 0.25) is 5.02 Å². The number of nitrogens with two attached hydrogens (primary N) is 1. The Morgan fingerprint density at radius 1 is 1.50 bits per heavy atom. The van der Waals surface area contributed by atoms with E-state index >= 15 is 0 Å². The number of benzene rings is 1. The summed E-state index contributed by atoms with van der Waals surface area (Å²) in [6.45, 7) is 0. The van der Waals surface area contributed by atoms with Crippen LogP contribution in [0.1, 0.15) is 19.3 Å². The van der Waals surface area contributed by atoms with Gasteiger partial charge in [-0.2, -0.15) is 0 Å². The second-order valence-electron chi connectivity index (χ2n) is 4.09. The Kier molecular flexibility index (Phi) is 3.24. The van der Waals surface area contributed by atoms with Crippen LogP contribution in [0.4, 0.5) is 5.69 Å². The molecule has 1 aromatic rings. The lowest BCUT2D eigenvalue weighted by Gasteiger charge is -2.36. The molecule has 1 fully saturated rings. The molecule has 1 saturated carbocycles. The summed E-state index contributed by atoms with van der Waals surface area (Å²) in [5.74, 6) is -0.128. The first-order chi connectivity index (χ1) is 7.51. The molecule has 0 bridgehead atoms. The monoisotopic (exact) mass is 302 g/mol. The number of carbonyl (C=O) groups excluding carboxylic acids is 1. The third-order valence-electron chi connectivity index (χ3n) is 2.88. The lowest BCUT2D eigenvalue weighted by molar-refractivity contribution is -0.123. The Balaban J connectivity index is 2.09. The minimum Gasteiger partial charge on any atom is -0.324 e. The third-order valence-corrected chi connectivity index (χ3v) is 4.11. The number of nitrogens with one attached hydrogen (secondary N) is 1. The second kappa shape index (κ2) is 4.35. The van der Waals surface area contributed by atoms with Crippen LogP contribution < -0.4 is 11.1 Å². The highest BCUT2D eigenvalue weighted by atomic mass is 79.9. The van der Waals surface area contributed by atoms with Crippen molar-refractivity contribution in [2.75, 3.05) is 5.32 Å². The van der Waals surface area contributed by atoms with Gasteiger partial charge in [-0.15, -0.1) is 0 Å². The first-order valence-corrected chi connectivity index (χ1v) is 6.24. The number of anilines is 1. The molecule has 3 nitrogen and oxygen atoms in total. The molecule has 0 aromatic heterocycles. The highest BCUT2D eigenvalue weighted by Gasteiger charge is 2.40. The predicted molar refractivity (Wildman–Crippen MR) is 68.6 cm³/mol. The zero-order valence-electron chi connectivity index (χ0n) is 8.59. The molecule has 0 atom stereocenters. The summed E-state index contributed by atoms with van der Waals surface area (Å²) in [4.78, 5) is 11.8. The molecule has 86 valence electrons. The van der Waals surface area contributed by atoms with Crippen molar-refractivity contribution in [2.45, 2.75) is 24.8 Å². The van der Waals surface area contributed by atoms with Gasteiger partial charge < -0.3 is 11.1 Å². The number of amides is 1. The first-order valence-electron chi connectivity index (χ1n) is 5.07. The van der Waals surface area contributed by atoms with Gasteiger partial charge in [0, 0.05) is 10.2 Å². The van der Waals surface area contributed by atoms with E-state index in [4.69, 9.17) is 17.3 Å². The highest BCUT2D eigenvalue weighted by molar-refractivity contribution is 9.10. The van der Waals surface area contributed by atoms with E-state index in [-0.39, 0.29) is 5.91 Å². The lowest BCUT2D eigenvalue weighted by atomic mass is 9.77. The van der Waals surface area contributed by atoms with Crippen molar-refractivity contribution in [3.05, 3.63) is 27.7 Å². The fourth-order valence-corrected chi connectivity index (χ4v) is 2.04. The van der Waals surface area contributed by atoms with Gasteiger partial charge in [-0.1, -0.05) is 11.6 Å². The van der Waals surface area contributed by atoms with Crippen molar-refractivity contribution in [3.8, 4) is 0 Å². The van der Waals surface area contributed by atoms with Crippen molar-refractivity contribution >= 4 is 39.1 Å². The van der Waals surface area contributed by atoms with Gasteiger partial charge >= 0.3 is 0 Å². The molecule has 0 saturated heterocycles. The molecule has 2 rings (SSSR count). The molecule has 3 N–H and O–H groups in total. The summed E-state index contributed by atoms with van der Waals surface area (Å²) in [7, 11) is 0. The van der Waals surface area contributed by atoms with E-state index < -0.39 is 5.54 Å². The summed E-state index contributed by atoms with van der Waals surface area (Å²) < 4.78 is 0.804. The summed E-state index contributed by atoms with van der Waals surface area (Å²) in [6, 6.07) is 5.28. The molecule has 0 radical (unpaired) electrons. The van der Waals surface area contributed by atoms with Gasteiger partial charge in [-0.3, -0.25) is 4.79 Å². The second-order valence-corrected chi connectivity index (χ2v) is 5.35. The molecule has 1 aliphatic carbocycles. The minimum atomic E-state index is -0.681. The maximum atomic E-state index is 11.8. The van der Waals surface area contributed by atoms with E-state index in [9.17, 15) is 4.79 Å². The fourth-order valence-electron chi connectivity index (χ4n) is 1.61. The summed E-state index contributed by atoms with van der Waals surface area (Å²) in [6.07, 6.45) is 2.53. The number of hydrogen-bond donors (Lipinski definition) is 2. The van der Waals surface area contributed by atoms with Crippen molar-refractivity contribution in [2.24, 2.45) is 5.73 Å². The SMILES string of the molecule is NC1(C(=O)Nc2ccc(Br)c(Cl)c2)CCC1. The fraction of sp³-hybridized carbons (Fsp3) is 0.364. The molecular formula is C11H12BrClN2O. The molecule has 1 amide bonds. The van der Waals surface area contributed by atoms with Crippen LogP contribution in [0, 0.1) is 0 Å². The van der Waals surface area contributed by atoms with Crippen LogP contribution >= 0.6 is 27.5 Å². The standard InChI is InChI=1S/C11H12BrClN2O/c12-8-3-2-7(6-9(8)13)15-10(16)11(14)4-1-5-11/h2-3,6H,1,4-5,14H2,(H,15,16). The van der Waals surface area contributed by atoms with E-state index in [1.807, 2.05) is 0 Å². The molecule has 0 unspecified atom stereocenters. The van der Waals surface area contributed by atoms with E-state index in [0.717, 1.165) is 23.7 Å². The van der Waals surface area contributed by atoms with E-state index in [1.54, 1.807) is 18.2 Å². The summed E-state index contributed by atoms with van der Waals surface area (Å²) >= 11 is 9.22. The molecule has 1 aliphatic rings. The van der Waals surface area contributed by atoms with Crippen LogP contribution in [0.15, 0.2) is 22.7 Å². The van der Waals surface area contributed by atoms with Gasteiger partial charge in [-0.25, -0.2) is 0 Å². The predicted octanol–water partition coefficient (Wildman–Crippen LogP) is 2.92. The molecule has 5 heteroatoms. The molecule has 0 aliphatic heterocycles. The maximum Gasteiger partial charge on any atom is 0.244 e. The summed E-state index contributed by atoms with van der Waals surface area (Å²) in [5.41, 5.74) is 5.90. The first kappa shape index (κ1) is 11.9. The Bertz CT molecular complexity index is 432. The molecule has 16 heavy (non-hydrogen) atoms. The van der Waals surface area contributed by atoms with Crippen LogP contribution in [0.25, 0.3) is 0 Å². The molecule has 0 heterocycles. The number of hydrogen-bond acceptors (Lipinski definition) is 2. The van der Waals surface area contributed by atoms with Gasteiger partial charge in [0.1, 0.15) is 0 Å². The zero-order valence-corrected chi connectivity index (χ0v) is 10.9. The van der Waals surface area contributed by atoms with Crippen LogP contribution in [0.3, 0.4) is 0 Å². The van der Waals surface area contributed by atoms with Crippen LogP contribution in [-0.2, 0) is 4.79 Å². The average molecular weight is 304 g/mol. The van der Waals surface area contributed by atoms with E-state index in [1.165, 1.54) is 0 Å².